The Hall–Kier alpha value is -1.32. The van der Waals surface area contributed by atoms with E-state index in [0.29, 0.717) is 0 Å². The fourth-order valence-corrected chi connectivity index (χ4v) is 3.07. The molecule has 0 spiro atoms. The molecule has 19 heavy (non-hydrogen) atoms. The first-order chi connectivity index (χ1) is 9.16. The minimum Gasteiger partial charge on any atom is -0.324 e. The summed E-state index contributed by atoms with van der Waals surface area (Å²) in [5, 5.41) is 0.728. The Morgan fingerprint density at radius 2 is 2.11 bits per heavy atom. The quantitative estimate of drug-likeness (QED) is 0.913. The topological polar surface area (TPSA) is 43.8 Å². The normalized spacial score (nSPS) is 16.2. The molecule has 3 nitrogen and oxygen atoms in total. The summed E-state index contributed by atoms with van der Waals surface area (Å²) in [5.41, 5.74) is 10.5. The maximum Gasteiger partial charge on any atom is 0.0997 e. The third-order valence-electron chi connectivity index (χ3n) is 3.78. The molecule has 1 aliphatic rings. The van der Waals surface area contributed by atoms with Crippen LogP contribution in [-0.2, 0) is 12.8 Å². The van der Waals surface area contributed by atoms with E-state index < -0.39 is 0 Å². The standard InChI is InChI=1S/C15H18ClN3/c1-10(17)12-7-6-11(8-13(12)16)19-9-18-14-4-2-3-5-15(14)19/h6-10H,2-5,17H2,1H3. The Morgan fingerprint density at radius 1 is 1.32 bits per heavy atom. The zero-order valence-electron chi connectivity index (χ0n) is 11.1. The summed E-state index contributed by atoms with van der Waals surface area (Å²) in [4.78, 5) is 4.52. The van der Waals surface area contributed by atoms with Crippen LogP contribution in [0, 0.1) is 0 Å². The molecule has 0 aliphatic heterocycles. The van der Waals surface area contributed by atoms with Crippen molar-refractivity contribution in [2.45, 2.75) is 38.6 Å². The van der Waals surface area contributed by atoms with Gasteiger partial charge in [-0.1, -0.05) is 17.7 Å². The Labute approximate surface area is 118 Å². The predicted molar refractivity (Wildman–Crippen MR) is 77.8 cm³/mol. The van der Waals surface area contributed by atoms with Gasteiger partial charge >= 0.3 is 0 Å². The van der Waals surface area contributed by atoms with E-state index >= 15 is 0 Å². The van der Waals surface area contributed by atoms with Crippen molar-refractivity contribution in [3.8, 4) is 5.69 Å². The zero-order valence-corrected chi connectivity index (χ0v) is 11.8. The number of nitrogens with zero attached hydrogens (tertiary/aromatic N) is 2. The van der Waals surface area contributed by atoms with Gasteiger partial charge in [0.05, 0.1) is 12.0 Å². The lowest BCUT2D eigenvalue weighted by Gasteiger charge is -2.15. The number of hydrogen-bond acceptors (Lipinski definition) is 2. The first-order valence-corrected chi connectivity index (χ1v) is 7.15. The second-order valence-electron chi connectivity index (χ2n) is 5.21. The van der Waals surface area contributed by atoms with Gasteiger partial charge in [0.1, 0.15) is 0 Å². The predicted octanol–water partition coefficient (Wildman–Crippen LogP) is 3.42. The van der Waals surface area contributed by atoms with Crippen molar-refractivity contribution in [1.82, 2.24) is 9.55 Å². The third kappa shape index (κ3) is 2.28. The molecule has 1 unspecified atom stereocenters. The summed E-state index contributed by atoms with van der Waals surface area (Å²) >= 11 is 6.31. The van der Waals surface area contributed by atoms with Gasteiger partial charge in [-0.15, -0.1) is 0 Å². The second kappa shape index (κ2) is 4.99. The summed E-state index contributed by atoms with van der Waals surface area (Å²) < 4.78 is 2.16. The molecule has 1 aromatic carbocycles. The lowest BCUT2D eigenvalue weighted by atomic mass is 10.0. The van der Waals surface area contributed by atoms with Crippen LogP contribution >= 0.6 is 11.6 Å². The van der Waals surface area contributed by atoms with E-state index in [1.807, 2.05) is 25.4 Å². The number of imidazole rings is 1. The van der Waals surface area contributed by atoms with Crippen LogP contribution in [-0.4, -0.2) is 9.55 Å². The number of aromatic nitrogens is 2. The molecule has 1 heterocycles. The number of halogens is 1. The maximum atomic E-state index is 6.31. The summed E-state index contributed by atoms with van der Waals surface area (Å²) in [7, 11) is 0. The van der Waals surface area contributed by atoms with Gasteiger partial charge in [-0.05, 0) is 50.3 Å². The van der Waals surface area contributed by atoms with Crippen LogP contribution in [0.15, 0.2) is 24.5 Å². The molecule has 2 aromatic rings. The van der Waals surface area contributed by atoms with Crippen molar-refractivity contribution in [3.05, 3.63) is 46.5 Å². The van der Waals surface area contributed by atoms with Gasteiger partial charge in [-0.2, -0.15) is 0 Å². The number of rotatable bonds is 2. The zero-order chi connectivity index (χ0) is 13.4. The molecule has 4 heteroatoms. The lowest BCUT2D eigenvalue weighted by Crippen LogP contribution is -2.08. The first kappa shape index (κ1) is 12.7. The average Bonchev–Trinajstić information content (AvgIpc) is 2.82. The molecule has 0 saturated heterocycles. The number of fused-ring (bicyclic) bond motifs is 1. The average molecular weight is 276 g/mol. The molecule has 1 aromatic heterocycles. The minimum absolute atomic E-state index is 0.0433. The van der Waals surface area contributed by atoms with Crippen LogP contribution in [0.2, 0.25) is 5.02 Å². The Kier molecular flexibility index (Phi) is 3.33. The largest absolute Gasteiger partial charge is 0.324 e. The highest BCUT2D eigenvalue weighted by Crippen LogP contribution is 2.27. The number of hydrogen-bond donors (Lipinski definition) is 1. The van der Waals surface area contributed by atoms with E-state index in [2.05, 4.69) is 15.6 Å². The number of nitrogens with two attached hydrogens (primary N) is 1. The monoisotopic (exact) mass is 275 g/mol. The number of benzene rings is 1. The van der Waals surface area contributed by atoms with Crippen molar-refractivity contribution < 1.29 is 0 Å². The fourth-order valence-electron chi connectivity index (χ4n) is 2.73. The SMILES string of the molecule is CC(N)c1ccc(-n2cnc3c2CCCC3)cc1Cl. The van der Waals surface area contributed by atoms with Crippen LogP contribution in [0.3, 0.4) is 0 Å². The van der Waals surface area contributed by atoms with E-state index in [9.17, 15) is 0 Å². The smallest absolute Gasteiger partial charge is 0.0997 e. The Morgan fingerprint density at radius 3 is 2.84 bits per heavy atom. The summed E-state index contributed by atoms with van der Waals surface area (Å²) in [6, 6.07) is 6.02. The molecule has 100 valence electrons. The fraction of sp³-hybridized carbons (Fsp3) is 0.400. The molecule has 0 saturated carbocycles. The molecule has 0 bridgehead atoms. The molecule has 3 rings (SSSR count). The summed E-state index contributed by atoms with van der Waals surface area (Å²) in [6.45, 7) is 1.94. The highest BCUT2D eigenvalue weighted by molar-refractivity contribution is 6.31. The van der Waals surface area contributed by atoms with Crippen LogP contribution in [0.5, 0.6) is 0 Å². The van der Waals surface area contributed by atoms with Gasteiger partial charge in [-0.25, -0.2) is 4.98 Å². The first-order valence-electron chi connectivity index (χ1n) is 6.77. The third-order valence-corrected chi connectivity index (χ3v) is 4.11. The van der Waals surface area contributed by atoms with Gasteiger partial charge in [0.15, 0.2) is 0 Å². The minimum atomic E-state index is -0.0433. The molecule has 2 N–H and O–H groups in total. The van der Waals surface area contributed by atoms with Crippen molar-refractivity contribution in [2.24, 2.45) is 5.73 Å². The van der Waals surface area contributed by atoms with E-state index in [0.717, 1.165) is 29.1 Å². The Balaban J connectivity index is 2.03. The Bertz CT molecular complexity index is 601. The van der Waals surface area contributed by atoms with Crippen molar-refractivity contribution in [1.29, 1.82) is 0 Å². The van der Waals surface area contributed by atoms with E-state index in [-0.39, 0.29) is 6.04 Å². The van der Waals surface area contributed by atoms with Crippen LogP contribution in [0.1, 0.15) is 42.8 Å². The molecule has 1 atom stereocenters. The maximum absolute atomic E-state index is 6.31. The van der Waals surface area contributed by atoms with Gasteiger partial charge in [-0.3, -0.25) is 0 Å². The van der Waals surface area contributed by atoms with Crippen LogP contribution < -0.4 is 5.73 Å². The summed E-state index contributed by atoms with van der Waals surface area (Å²) in [6.07, 6.45) is 6.59. The highest BCUT2D eigenvalue weighted by Gasteiger charge is 2.16. The molecule has 0 fully saturated rings. The molecule has 1 aliphatic carbocycles. The van der Waals surface area contributed by atoms with Crippen LogP contribution in [0.4, 0.5) is 0 Å². The van der Waals surface area contributed by atoms with Crippen molar-refractivity contribution in [2.75, 3.05) is 0 Å². The van der Waals surface area contributed by atoms with Gasteiger partial charge in [0, 0.05) is 22.4 Å². The van der Waals surface area contributed by atoms with Crippen molar-refractivity contribution >= 4 is 11.6 Å². The van der Waals surface area contributed by atoms with Crippen molar-refractivity contribution in [3.63, 3.8) is 0 Å². The lowest BCUT2D eigenvalue weighted by molar-refractivity contribution is 0.656. The van der Waals surface area contributed by atoms with Crippen LogP contribution in [0.25, 0.3) is 5.69 Å². The highest BCUT2D eigenvalue weighted by atomic mass is 35.5. The molecule has 0 amide bonds. The van der Waals surface area contributed by atoms with Gasteiger partial charge < -0.3 is 10.3 Å². The summed E-state index contributed by atoms with van der Waals surface area (Å²) in [5.74, 6) is 0. The van der Waals surface area contributed by atoms with Gasteiger partial charge in [0.2, 0.25) is 0 Å². The van der Waals surface area contributed by atoms with E-state index in [4.69, 9.17) is 17.3 Å². The number of aryl methyl sites for hydroxylation is 1. The van der Waals surface area contributed by atoms with E-state index in [1.165, 1.54) is 24.2 Å². The van der Waals surface area contributed by atoms with E-state index in [1.54, 1.807) is 0 Å². The van der Waals surface area contributed by atoms with Gasteiger partial charge in [0.25, 0.3) is 0 Å². The second-order valence-corrected chi connectivity index (χ2v) is 5.62. The molecule has 0 radical (unpaired) electrons. The molecular weight excluding hydrogens is 258 g/mol. The molecular formula is C15H18ClN3.